The summed E-state index contributed by atoms with van der Waals surface area (Å²) < 4.78 is 1.14. The standard InChI is InChI=1S/C12H19BrN2S/c1-9(14)10-4-5-12(11(13)8-10)16-7-6-15(2)3/h4-5,8-9H,6-7,14H2,1-3H3/t9-/m0/s1. The van der Waals surface area contributed by atoms with Crippen molar-refractivity contribution in [2.75, 3.05) is 26.4 Å². The Bertz CT molecular complexity index is 340. The molecular formula is C12H19BrN2S. The first kappa shape index (κ1) is 14.0. The molecule has 0 heterocycles. The van der Waals surface area contributed by atoms with Crippen molar-refractivity contribution < 1.29 is 0 Å². The molecule has 0 fully saturated rings. The van der Waals surface area contributed by atoms with E-state index in [-0.39, 0.29) is 6.04 Å². The fraction of sp³-hybridized carbons (Fsp3) is 0.500. The number of halogens is 1. The first-order valence-electron chi connectivity index (χ1n) is 5.33. The van der Waals surface area contributed by atoms with Crippen molar-refractivity contribution in [1.29, 1.82) is 0 Å². The fourth-order valence-electron chi connectivity index (χ4n) is 1.26. The summed E-state index contributed by atoms with van der Waals surface area (Å²) in [5.41, 5.74) is 7.01. The highest BCUT2D eigenvalue weighted by molar-refractivity contribution is 9.10. The molecule has 0 radical (unpaired) electrons. The Balaban J connectivity index is 2.61. The molecule has 2 nitrogen and oxygen atoms in total. The molecule has 4 heteroatoms. The van der Waals surface area contributed by atoms with E-state index >= 15 is 0 Å². The van der Waals surface area contributed by atoms with Gasteiger partial charge in [-0.05, 0) is 54.6 Å². The highest BCUT2D eigenvalue weighted by atomic mass is 79.9. The van der Waals surface area contributed by atoms with Crippen LogP contribution in [0.3, 0.4) is 0 Å². The van der Waals surface area contributed by atoms with Crippen molar-refractivity contribution >= 4 is 27.7 Å². The zero-order valence-corrected chi connectivity index (χ0v) is 12.4. The maximum absolute atomic E-state index is 5.84. The van der Waals surface area contributed by atoms with Gasteiger partial charge in [0, 0.05) is 27.7 Å². The molecule has 0 amide bonds. The molecule has 2 N–H and O–H groups in total. The molecule has 0 unspecified atom stereocenters. The lowest BCUT2D eigenvalue weighted by atomic mass is 10.1. The Kier molecular flexibility index (Phi) is 5.83. The predicted molar refractivity (Wildman–Crippen MR) is 76.0 cm³/mol. The fourth-order valence-corrected chi connectivity index (χ4v) is 3.03. The molecule has 0 spiro atoms. The van der Waals surface area contributed by atoms with Crippen LogP contribution in [0, 0.1) is 0 Å². The SMILES string of the molecule is C[C@H](N)c1ccc(SCCN(C)C)c(Br)c1. The monoisotopic (exact) mass is 302 g/mol. The lowest BCUT2D eigenvalue weighted by Crippen LogP contribution is -2.14. The minimum Gasteiger partial charge on any atom is -0.324 e. The molecule has 1 atom stereocenters. The summed E-state index contributed by atoms with van der Waals surface area (Å²) in [4.78, 5) is 3.48. The maximum atomic E-state index is 5.84. The van der Waals surface area contributed by atoms with E-state index in [0.29, 0.717) is 0 Å². The van der Waals surface area contributed by atoms with Crippen LogP contribution >= 0.6 is 27.7 Å². The van der Waals surface area contributed by atoms with Gasteiger partial charge in [0.1, 0.15) is 0 Å². The summed E-state index contributed by atoms with van der Waals surface area (Å²) in [6.45, 7) is 3.09. The lowest BCUT2D eigenvalue weighted by molar-refractivity contribution is 0.437. The summed E-state index contributed by atoms with van der Waals surface area (Å²) in [7, 11) is 4.18. The molecule has 1 aromatic carbocycles. The zero-order valence-electron chi connectivity index (χ0n) is 10.0. The number of nitrogens with zero attached hydrogens (tertiary/aromatic N) is 1. The van der Waals surface area contributed by atoms with Gasteiger partial charge in [-0.3, -0.25) is 0 Å². The first-order valence-corrected chi connectivity index (χ1v) is 7.11. The van der Waals surface area contributed by atoms with Crippen molar-refractivity contribution in [1.82, 2.24) is 4.90 Å². The van der Waals surface area contributed by atoms with Crippen molar-refractivity contribution in [3.05, 3.63) is 28.2 Å². The largest absolute Gasteiger partial charge is 0.324 e. The van der Waals surface area contributed by atoms with E-state index in [1.807, 2.05) is 18.7 Å². The molecule has 0 bridgehead atoms. The molecule has 16 heavy (non-hydrogen) atoms. The smallest absolute Gasteiger partial charge is 0.0314 e. The maximum Gasteiger partial charge on any atom is 0.0314 e. The Labute approximate surface area is 111 Å². The van der Waals surface area contributed by atoms with Crippen LogP contribution in [0.5, 0.6) is 0 Å². The number of hydrogen-bond donors (Lipinski definition) is 1. The summed E-state index contributed by atoms with van der Waals surface area (Å²) >= 11 is 5.46. The summed E-state index contributed by atoms with van der Waals surface area (Å²) in [5.74, 6) is 1.10. The number of nitrogens with two attached hydrogens (primary N) is 1. The van der Waals surface area contributed by atoms with E-state index in [4.69, 9.17) is 5.73 Å². The molecule has 0 saturated carbocycles. The second kappa shape index (κ2) is 6.64. The van der Waals surface area contributed by atoms with Crippen molar-refractivity contribution in [2.24, 2.45) is 5.73 Å². The van der Waals surface area contributed by atoms with E-state index < -0.39 is 0 Å². The van der Waals surface area contributed by atoms with Gasteiger partial charge in [0.25, 0.3) is 0 Å². The number of thioether (sulfide) groups is 1. The van der Waals surface area contributed by atoms with Crippen LogP contribution in [0.2, 0.25) is 0 Å². The lowest BCUT2D eigenvalue weighted by Gasteiger charge is -2.11. The van der Waals surface area contributed by atoms with Gasteiger partial charge in [0.2, 0.25) is 0 Å². The van der Waals surface area contributed by atoms with E-state index in [0.717, 1.165) is 16.8 Å². The molecule has 1 rings (SSSR count). The van der Waals surface area contributed by atoms with Crippen LogP contribution in [-0.4, -0.2) is 31.3 Å². The third kappa shape index (κ3) is 4.45. The van der Waals surface area contributed by atoms with Gasteiger partial charge in [0.05, 0.1) is 0 Å². The quantitative estimate of drug-likeness (QED) is 0.848. The van der Waals surface area contributed by atoms with E-state index in [1.54, 1.807) is 0 Å². The van der Waals surface area contributed by atoms with Gasteiger partial charge >= 0.3 is 0 Å². The average Bonchev–Trinajstić information content (AvgIpc) is 2.19. The average molecular weight is 303 g/mol. The van der Waals surface area contributed by atoms with Crippen LogP contribution in [0.4, 0.5) is 0 Å². The Morgan fingerprint density at radius 3 is 2.62 bits per heavy atom. The van der Waals surface area contributed by atoms with Crippen LogP contribution in [0.1, 0.15) is 18.5 Å². The summed E-state index contributed by atoms with van der Waals surface area (Å²) in [6, 6.07) is 6.45. The van der Waals surface area contributed by atoms with Gasteiger partial charge in [-0.25, -0.2) is 0 Å². The summed E-state index contributed by atoms with van der Waals surface area (Å²) in [5, 5.41) is 0. The molecule has 0 aliphatic rings. The van der Waals surface area contributed by atoms with Crippen molar-refractivity contribution in [3.8, 4) is 0 Å². The molecular weight excluding hydrogens is 284 g/mol. The van der Waals surface area contributed by atoms with Gasteiger partial charge in [0.15, 0.2) is 0 Å². The van der Waals surface area contributed by atoms with Gasteiger partial charge < -0.3 is 10.6 Å². The van der Waals surface area contributed by atoms with Gasteiger partial charge in [-0.1, -0.05) is 6.07 Å². The highest BCUT2D eigenvalue weighted by Crippen LogP contribution is 2.29. The molecule has 0 aromatic heterocycles. The molecule has 1 aromatic rings. The van der Waals surface area contributed by atoms with E-state index in [2.05, 4.69) is 53.1 Å². The van der Waals surface area contributed by atoms with E-state index in [1.165, 1.54) is 10.5 Å². The van der Waals surface area contributed by atoms with Crippen LogP contribution < -0.4 is 5.73 Å². The molecule has 90 valence electrons. The number of benzene rings is 1. The predicted octanol–water partition coefficient (Wildman–Crippen LogP) is 3.12. The summed E-state index contributed by atoms with van der Waals surface area (Å²) in [6.07, 6.45) is 0. The van der Waals surface area contributed by atoms with Crippen molar-refractivity contribution in [2.45, 2.75) is 17.9 Å². The highest BCUT2D eigenvalue weighted by Gasteiger charge is 2.05. The minimum atomic E-state index is 0.0946. The second-order valence-electron chi connectivity index (χ2n) is 4.13. The van der Waals surface area contributed by atoms with Crippen LogP contribution in [-0.2, 0) is 0 Å². The minimum absolute atomic E-state index is 0.0946. The topological polar surface area (TPSA) is 29.3 Å². The first-order chi connectivity index (χ1) is 7.50. The number of hydrogen-bond acceptors (Lipinski definition) is 3. The third-order valence-corrected chi connectivity index (χ3v) is 4.25. The van der Waals surface area contributed by atoms with Crippen LogP contribution in [0.15, 0.2) is 27.6 Å². The van der Waals surface area contributed by atoms with Crippen molar-refractivity contribution in [3.63, 3.8) is 0 Å². The number of rotatable bonds is 5. The normalized spacial score (nSPS) is 13.1. The Hall–Kier alpha value is -0.0300. The zero-order chi connectivity index (χ0) is 12.1. The third-order valence-electron chi connectivity index (χ3n) is 2.28. The Morgan fingerprint density at radius 2 is 2.12 bits per heavy atom. The van der Waals surface area contributed by atoms with Gasteiger partial charge in [-0.15, -0.1) is 11.8 Å². The van der Waals surface area contributed by atoms with E-state index in [9.17, 15) is 0 Å². The van der Waals surface area contributed by atoms with Gasteiger partial charge in [-0.2, -0.15) is 0 Å². The molecule has 0 aliphatic heterocycles. The second-order valence-corrected chi connectivity index (χ2v) is 6.12. The molecule has 0 saturated heterocycles. The Morgan fingerprint density at radius 1 is 1.44 bits per heavy atom. The molecule has 0 aliphatic carbocycles. The van der Waals surface area contributed by atoms with Crippen LogP contribution in [0.25, 0.3) is 0 Å².